The van der Waals surface area contributed by atoms with Crippen molar-refractivity contribution in [1.82, 2.24) is 0 Å². The van der Waals surface area contributed by atoms with Crippen molar-refractivity contribution in [3.63, 3.8) is 0 Å². The van der Waals surface area contributed by atoms with Gasteiger partial charge in [0.2, 0.25) is 0 Å². The van der Waals surface area contributed by atoms with Gasteiger partial charge in [-0.1, -0.05) is 17.7 Å². The lowest BCUT2D eigenvalue weighted by molar-refractivity contribution is -0.114. The Morgan fingerprint density at radius 2 is 1.93 bits per heavy atom. The van der Waals surface area contributed by atoms with E-state index in [-0.39, 0.29) is 5.78 Å². The summed E-state index contributed by atoms with van der Waals surface area (Å²) in [5, 5.41) is 0. The molecule has 0 aromatic heterocycles. The largest absolute Gasteiger partial charge is 0.295 e. The molecule has 0 N–H and O–H groups in total. The second-order valence-electron chi connectivity index (χ2n) is 4.74. The third-order valence-electron chi connectivity index (χ3n) is 3.14. The van der Waals surface area contributed by atoms with Gasteiger partial charge in [0.25, 0.3) is 0 Å². The lowest BCUT2D eigenvalue weighted by atomic mass is 9.96. The highest BCUT2D eigenvalue weighted by molar-refractivity contribution is 8.03. The van der Waals surface area contributed by atoms with E-state index in [4.69, 9.17) is 0 Å². The molecule has 1 saturated heterocycles. The van der Waals surface area contributed by atoms with Crippen molar-refractivity contribution < 1.29 is 9.00 Å². The molecule has 0 bridgehead atoms. The van der Waals surface area contributed by atoms with Gasteiger partial charge in [-0.05, 0) is 25.3 Å². The number of thiol groups is 1. The Kier molecular flexibility index (Phi) is 2.91. The van der Waals surface area contributed by atoms with Gasteiger partial charge in [0.1, 0.15) is 0 Å². The number of hydrogen-bond donors (Lipinski definition) is 1. The van der Waals surface area contributed by atoms with E-state index < -0.39 is 9.93 Å². The fourth-order valence-corrected chi connectivity index (χ4v) is 5.58. The van der Waals surface area contributed by atoms with Crippen LogP contribution >= 0.6 is 0 Å². The van der Waals surface area contributed by atoms with Crippen LogP contribution in [0.3, 0.4) is 0 Å². The number of rotatable bonds is 2. The standard InChI is InChI=1S/C12H18O2S/c1-10-6-11(8-12(13)7-10)9-15(14)4-2-3-5-15/h8,15H,1-7,9H2. The summed E-state index contributed by atoms with van der Waals surface area (Å²) in [5.41, 5.74) is 2.03. The summed E-state index contributed by atoms with van der Waals surface area (Å²) in [5.74, 6) is 2.56. The van der Waals surface area contributed by atoms with Crippen molar-refractivity contribution in [1.29, 1.82) is 0 Å². The average molecular weight is 226 g/mol. The summed E-state index contributed by atoms with van der Waals surface area (Å²) in [6.45, 7) is 3.86. The summed E-state index contributed by atoms with van der Waals surface area (Å²) in [7, 11) is -1.95. The normalized spacial score (nSPS) is 27.6. The molecule has 15 heavy (non-hydrogen) atoms. The average Bonchev–Trinajstić information content (AvgIpc) is 2.49. The molecule has 0 saturated carbocycles. The van der Waals surface area contributed by atoms with Gasteiger partial charge in [0.15, 0.2) is 5.78 Å². The number of allylic oxidation sites excluding steroid dienone is 2. The number of carbonyl (C=O) groups is 1. The Bertz CT molecular complexity index is 369. The Morgan fingerprint density at radius 1 is 1.27 bits per heavy atom. The predicted octanol–water partition coefficient (Wildman–Crippen LogP) is 1.64. The molecule has 2 nitrogen and oxygen atoms in total. The first-order valence-electron chi connectivity index (χ1n) is 5.53. The van der Waals surface area contributed by atoms with E-state index in [1.807, 2.05) is 0 Å². The Morgan fingerprint density at radius 3 is 2.53 bits per heavy atom. The molecule has 2 aliphatic rings. The summed E-state index contributed by atoms with van der Waals surface area (Å²) < 4.78 is 12.3. The van der Waals surface area contributed by atoms with E-state index in [1.54, 1.807) is 6.08 Å². The zero-order chi connectivity index (χ0) is 10.9. The van der Waals surface area contributed by atoms with Crippen LogP contribution in [-0.4, -0.2) is 27.3 Å². The number of hydrogen-bond acceptors (Lipinski definition) is 2. The summed E-state index contributed by atoms with van der Waals surface area (Å²) in [4.78, 5) is 11.3. The first-order valence-corrected chi connectivity index (χ1v) is 7.80. The van der Waals surface area contributed by atoms with Gasteiger partial charge < -0.3 is 0 Å². The fourth-order valence-electron chi connectivity index (χ4n) is 2.50. The van der Waals surface area contributed by atoms with E-state index in [1.165, 1.54) is 0 Å². The molecule has 0 aromatic carbocycles. The summed E-state index contributed by atoms with van der Waals surface area (Å²) in [6, 6.07) is 0. The molecule has 1 aliphatic carbocycles. The van der Waals surface area contributed by atoms with Crippen LogP contribution in [0.2, 0.25) is 0 Å². The van der Waals surface area contributed by atoms with Crippen LogP contribution in [0.15, 0.2) is 23.8 Å². The quantitative estimate of drug-likeness (QED) is 0.574. The van der Waals surface area contributed by atoms with Crippen molar-refractivity contribution in [3.8, 4) is 0 Å². The van der Waals surface area contributed by atoms with Crippen LogP contribution in [0.5, 0.6) is 0 Å². The highest BCUT2D eigenvalue weighted by atomic mass is 32.2. The minimum atomic E-state index is -1.95. The minimum Gasteiger partial charge on any atom is -0.295 e. The monoisotopic (exact) mass is 226 g/mol. The second kappa shape index (κ2) is 4.05. The highest BCUT2D eigenvalue weighted by Crippen LogP contribution is 2.27. The van der Waals surface area contributed by atoms with Crippen LogP contribution in [0.1, 0.15) is 25.7 Å². The molecule has 2 rings (SSSR count). The number of carbonyl (C=O) groups excluding carboxylic acids is 1. The molecule has 1 fully saturated rings. The topological polar surface area (TPSA) is 34.1 Å². The molecular weight excluding hydrogens is 208 g/mol. The molecule has 0 unspecified atom stereocenters. The van der Waals surface area contributed by atoms with Gasteiger partial charge in [0.05, 0.1) is 0 Å². The van der Waals surface area contributed by atoms with Crippen LogP contribution in [-0.2, 0) is 14.7 Å². The van der Waals surface area contributed by atoms with Crippen LogP contribution in [0.25, 0.3) is 0 Å². The van der Waals surface area contributed by atoms with Gasteiger partial charge in [-0.25, -0.2) is 0 Å². The SMILES string of the molecule is C=C1CC(=O)C=C(C[SH]2(=O)CCCC2)C1. The van der Waals surface area contributed by atoms with Gasteiger partial charge >= 0.3 is 0 Å². The van der Waals surface area contributed by atoms with Gasteiger partial charge in [-0.2, -0.15) is 0 Å². The van der Waals surface area contributed by atoms with E-state index in [2.05, 4.69) is 6.58 Å². The first kappa shape index (κ1) is 10.8. The molecule has 1 aliphatic heterocycles. The molecule has 3 heteroatoms. The number of ketones is 1. The van der Waals surface area contributed by atoms with Crippen molar-refractivity contribution in [2.24, 2.45) is 0 Å². The summed E-state index contributed by atoms with van der Waals surface area (Å²) in [6.07, 6.45) is 5.16. The zero-order valence-electron chi connectivity index (χ0n) is 9.00. The van der Waals surface area contributed by atoms with Gasteiger partial charge in [-0.15, -0.1) is 9.93 Å². The van der Waals surface area contributed by atoms with Gasteiger partial charge in [0, 0.05) is 23.7 Å². The fraction of sp³-hybridized carbons (Fsp3) is 0.583. The van der Waals surface area contributed by atoms with Crippen molar-refractivity contribution >= 4 is 15.7 Å². The van der Waals surface area contributed by atoms with Crippen molar-refractivity contribution in [2.45, 2.75) is 25.7 Å². The molecule has 0 amide bonds. The zero-order valence-corrected chi connectivity index (χ0v) is 9.89. The predicted molar refractivity (Wildman–Crippen MR) is 64.8 cm³/mol. The van der Waals surface area contributed by atoms with Crippen LogP contribution < -0.4 is 0 Å². The summed E-state index contributed by atoms with van der Waals surface area (Å²) >= 11 is 0. The molecule has 0 aromatic rings. The third-order valence-corrected chi connectivity index (χ3v) is 6.38. The van der Waals surface area contributed by atoms with E-state index in [0.29, 0.717) is 12.2 Å². The molecule has 0 spiro atoms. The maximum atomic E-state index is 12.3. The van der Waals surface area contributed by atoms with E-state index in [9.17, 15) is 9.00 Å². The molecular formula is C12H18O2S. The Labute approximate surface area is 91.9 Å². The van der Waals surface area contributed by atoms with E-state index >= 15 is 0 Å². The molecule has 1 heterocycles. The van der Waals surface area contributed by atoms with E-state index in [0.717, 1.165) is 41.9 Å². The maximum absolute atomic E-state index is 12.3. The molecule has 0 atom stereocenters. The Balaban J connectivity index is 2.08. The molecule has 84 valence electrons. The maximum Gasteiger partial charge on any atom is 0.159 e. The van der Waals surface area contributed by atoms with Crippen LogP contribution in [0.4, 0.5) is 0 Å². The third kappa shape index (κ3) is 2.65. The van der Waals surface area contributed by atoms with Crippen molar-refractivity contribution in [2.75, 3.05) is 17.3 Å². The second-order valence-corrected chi connectivity index (χ2v) is 8.07. The van der Waals surface area contributed by atoms with Crippen molar-refractivity contribution in [3.05, 3.63) is 23.8 Å². The Hall–Kier alpha value is -0.700. The van der Waals surface area contributed by atoms with Gasteiger partial charge in [-0.3, -0.25) is 9.00 Å². The molecule has 0 radical (unpaired) electrons. The lowest BCUT2D eigenvalue weighted by Crippen LogP contribution is -2.22. The lowest BCUT2D eigenvalue weighted by Gasteiger charge is -2.21. The minimum absolute atomic E-state index is 0.132. The van der Waals surface area contributed by atoms with Crippen LogP contribution in [0, 0.1) is 0 Å². The smallest absolute Gasteiger partial charge is 0.159 e. The first-order chi connectivity index (χ1) is 7.07. The highest BCUT2D eigenvalue weighted by Gasteiger charge is 2.24.